The number of hydroxylamine groups is 2. The number of imide groups is 1. The molecule has 0 aromatic heterocycles. The molecule has 0 atom stereocenters. The van der Waals surface area contributed by atoms with E-state index < -0.39 is 17.8 Å². The molecule has 2 heterocycles. The molecular formula is C20H15N3O5. The molecule has 0 saturated heterocycles. The summed E-state index contributed by atoms with van der Waals surface area (Å²) >= 11 is 0. The van der Waals surface area contributed by atoms with Crippen molar-refractivity contribution in [2.45, 2.75) is 19.4 Å². The van der Waals surface area contributed by atoms with Gasteiger partial charge in [-0.05, 0) is 17.7 Å². The monoisotopic (exact) mass is 377 g/mol. The summed E-state index contributed by atoms with van der Waals surface area (Å²) in [4.78, 5) is 54.2. The van der Waals surface area contributed by atoms with E-state index in [4.69, 9.17) is 4.84 Å². The molecule has 0 spiro atoms. The number of carbonyl (C=O) groups excluding carboxylic acids is 4. The molecule has 0 saturated carbocycles. The molecule has 0 aliphatic carbocycles. The first kappa shape index (κ1) is 17.6. The zero-order valence-electron chi connectivity index (χ0n) is 14.7. The van der Waals surface area contributed by atoms with Crippen molar-refractivity contribution >= 4 is 29.4 Å². The average molecular weight is 377 g/mol. The lowest BCUT2D eigenvalue weighted by molar-refractivity contribution is -0.160. The fourth-order valence-corrected chi connectivity index (χ4v) is 3.01. The van der Waals surface area contributed by atoms with Gasteiger partial charge in [0.1, 0.15) is 5.71 Å². The molecule has 0 unspecified atom stereocenters. The Labute approximate surface area is 159 Å². The van der Waals surface area contributed by atoms with Crippen LogP contribution in [0, 0.1) is 0 Å². The Morgan fingerprint density at radius 3 is 2.14 bits per heavy atom. The predicted octanol–water partition coefficient (Wildman–Crippen LogP) is 1.92. The second-order valence-electron chi connectivity index (χ2n) is 6.31. The number of carbonyl (C=O) groups is 4. The summed E-state index contributed by atoms with van der Waals surface area (Å²) in [7, 11) is 0. The fraction of sp³-hybridized carbons (Fsp3) is 0.150. The van der Waals surface area contributed by atoms with Gasteiger partial charge in [0.15, 0.2) is 0 Å². The molecule has 0 fully saturated rings. The van der Waals surface area contributed by atoms with Crippen LogP contribution in [0.3, 0.4) is 0 Å². The van der Waals surface area contributed by atoms with Crippen LogP contribution >= 0.6 is 0 Å². The minimum Gasteiger partial charge on any atom is -0.323 e. The third kappa shape index (κ3) is 3.16. The quantitative estimate of drug-likeness (QED) is 0.759. The molecular weight excluding hydrogens is 362 g/mol. The maximum atomic E-state index is 12.5. The summed E-state index contributed by atoms with van der Waals surface area (Å²) in [5.41, 5.74) is 1.18. The first-order chi connectivity index (χ1) is 13.5. The number of rotatable bonds is 4. The van der Waals surface area contributed by atoms with Crippen LogP contribution in [0.25, 0.3) is 0 Å². The van der Waals surface area contributed by atoms with Gasteiger partial charge in [0.25, 0.3) is 11.8 Å². The van der Waals surface area contributed by atoms with Gasteiger partial charge < -0.3 is 4.84 Å². The standard InChI is InChI=1S/C20H15N3O5/c24-17-11-10-16(21-22(17)12-13-6-2-1-3-7-13)20(27)28-23-18(25)14-8-4-5-9-15(14)19(23)26/h1-9H,10-12H2. The van der Waals surface area contributed by atoms with Gasteiger partial charge in [0.2, 0.25) is 5.91 Å². The van der Waals surface area contributed by atoms with Crippen LogP contribution in [0.2, 0.25) is 0 Å². The van der Waals surface area contributed by atoms with Crippen LogP contribution in [-0.4, -0.2) is 39.5 Å². The van der Waals surface area contributed by atoms with Gasteiger partial charge in [-0.3, -0.25) is 14.4 Å². The number of fused-ring (bicyclic) bond motifs is 1. The second-order valence-corrected chi connectivity index (χ2v) is 6.31. The molecule has 0 N–H and O–H groups in total. The van der Waals surface area contributed by atoms with Crippen LogP contribution in [-0.2, 0) is 21.0 Å². The number of amides is 3. The van der Waals surface area contributed by atoms with Gasteiger partial charge in [-0.25, -0.2) is 9.80 Å². The smallest absolute Gasteiger partial charge is 0.323 e. The zero-order chi connectivity index (χ0) is 19.7. The first-order valence-electron chi connectivity index (χ1n) is 8.66. The minimum atomic E-state index is -0.930. The lowest BCUT2D eigenvalue weighted by Gasteiger charge is -2.23. The van der Waals surface area contributed by atoms with Crippen molar-refractivity contribution in [2.75, 3.05) is 0 Å². The largest absolute Gasteiger partial charge is 0.379 e. The summed E-state index contributed by atoms with van der Waals surface area (Å²) in [6.07, 6.45) is 0.162. The van der Waals surface area contributed by atoms with Crippen molar-refractivity contribution in [3.05, 3.63) is 71.3 Å². The van der Waals surface area contributed by atoms with E-state index >= 15 is 0 Å². The van der Waals surface area contributed by atoms with E-state index in [1.807, 2.05) is 30.3 Å². The van der Waals surface area contributed by atoms with Crippen molar-refractivity contribution in [3.63, 3.8) is 0 Å². The summed E-state index contributed by atoms with van der Waals surface area (Å²) < 4.78 is 0. The Kier molecular flexibility index (Phi) is 4.44. The molecule has 4 rings (SSSR count). The lowest BCUT2D eigenvalue weighted by atomic mass is 10.1. The van der Waals surface area contributed by atoms with Gasteiger partial charge in [-0.2, -0.15) is 5.10 Å². The van der Waals surface area contributed by atoms with Crippen molar-refractivity contribution in [1.82, 2.24) is 10.1 Å². The normalized spacial score (nSPS) is 16.1. The Hall–Kier alpha value is -3.81. The van der Waals surface area contributed by atoms with Crippen LogP contribution in [0.4, 0.5) is 0 Å². The lowest BCUT2D eigenvalue weighted by Crippen LogP contribution is -2.39. The summed E-state index contributed by atoms with van der Waals surface area (Å²) in [5.74, 6) is -2.56. The van der Waals surface area contributed by atoms with Gasteiger partial charge in [0.05, 0.1) is 17.7 Å². The number of nitrogens with zero attached hydrogens (tertiary/aromatic N) is 3. The Morgan fingerprint density at radius 2 is 1.50 bits per heavy atom. The molecule has 0 radical (unpaired) electrons. The molecule has 3 amide bonds. The van der Waals surface area contributed by atoms with E-state index in [0.717, 1.165) is 5.56 Å². The van der Waals surface area contributed by atoms with E-state index in [2.05, 4.69) is 5.10 Å². The van der Waals surface area contributed by atoms with Crippen LogP contribution in [0.15, 0.2) is 59.7 Å². The Balaban J connectivity index is 1.50. The molecule has 8 nitrogen and oxygen atoms in total. The molecule has 2 aliphatic heterocycles. The van der Waals surface area contributed by atoms with Crippen molar-refractivity contribution in [1.29, 1.82) is 0 Å². The SMILES string of the molecule is O=C(ON1C(=O)c2ccccc2C1=O)C1=NN(Cc2ccccc2)C(=O)CC1. The molecule has 2 aliphatic rings. The highest BCUT2D eigenvalue weighted by Crippen LogP contribution is 2.23. The van der Waals surface area contributed by atoms with E-state index in [1.165, 1.54) is 17.1 Å². The van der Waals surface area contributed by atoms with E-state index in [1.54, 1.807) is 12.1 Å². The Morgan fingerprint density at radius 1 is 0.893 bits per heavy atom. The van der Waals surface area contributed by atoms with Crippen LogP contribution in [0.1, 0.15) is 39.1 Å². The number of hydrogen-bond donors (Lipinski definition) is 0. The van der Waals surface area contributed by atoms with Gasteiger partial charge in [-0.15, -0.1) is 0 Å². The molecule has 2 aromatic carbocycles. The Bertz CT molecular complexity index is 981. The number of hydrazone groups is 1. The van der Waals surface area contributed by atoms with E-state index in [0.29, 0.717) is 5.06 Å². The molecule has 2 aromatic rings. The highest BCUT2D eigenvalue weighted by atomic mass is 16.7. The molecule has 8 heteroatoms. The molecule has 28 heavy (non-hydrogen) atoms. The zero-order valence-corrected chi connectivity index (χ0v) is 14.7. The average Bonchev–Trinajstić information content (AvgIpc) is 2.95. The topological polar surface area (TPSA) is 96.3 Å². The maximum absolute atomic E-state index is 12.5. The van der Waals surface area contributed by atoms with Crippen LogP contribution < -0.4 is 0 Å². The maximum Gasteiger partial charge on any atom is 0.379 e. The highest BCUT2D eigenvalue weighted by Gasteiger charge is 2.39. The predicted molar refractivity (Wildman–Crippen MR) is 96.7 cm³/mol. The van der Waals surface area contributed by atoms with Gasteiger partial charge >= 0.3 is 5.97 Å². The third-order valence-electron chi connectivity index (χ3n) is 4.45. The fourth-order valence-electron chi connectivity index (χ4n) is 3.01. The van der Waals surface area contributed by atoms with Gasteiger partial charge in [-0.1, -0.05) is 47.5 Å². The number of hydrogen-bond acceptors (Lipinski definition) is 6. The summed E-state index contributed by atoms with van der Waals surface area (Å²) in [6.45, 7) is 0.212. The van der Waals surface area contributed by atoms with E-state index in [9.17, 15) is 19.2 Å². The van der Waals surface area contributed by atoms with Crippen molar-refractivity contribution in [3.8, 4) is 0 Å². The van der Waals surface area contributed by atoms with Crippen LogP contribution in [0.5, 0.6) is 0 Å². The van der Waals surface area contributed by atoms with Crippen molar-refractivity contribution < 1.29 is 24.0 Å². The summed E-state index contributed by atoms with van der Waals surface area (Å²) in [6, 6.07) is 15.4. The third-order valence-corrected chi connectivity index (χ3v) is 4.45. The highest BCUT2D eigenvalue weighted by molar-refractivity contribution is 6.37. The second kappa shape index (κ2) is 7.07. The molecule has 0 bridgehead atoms. The molecule has 140 valence electrons. The summed E-state index contributed by atoms with van der Waals surface area (Å²) in [5, 5.41) is 5.71. The first-order valence-corrected chi connectivity index (χ1v) is 8.66. The van der Waals surface area contributed by atoms with Crippen molar-refractivity contribution in [2.24, 2.45) is 5.10 Å². The van der Waals surface area contributed by atoms with Gasteiger partial charge in [0, 0.05) is 12.8 Å². The van der Waals surface area contributed by atoms with E-state index in [-0.39, 0.29) is 42.1 Å². The minimum absolute atomic E-state index is 0.0212. The number of benzene rings is 2.